The van der Waals surface area contributed by atoms with Crippen LogP contribution in [-0.4, -0.2) is 38.1 Å². The van der Waals surface area contributed by atoms with Crippen molar-refractivity contribution in [2.45, 2.75) is 26.4 Å². The van der Waals surface area contributed by atoms with Crippen LogP contribution in [0.15, 0.2) is 47.8 Å². The smallest absolute Gasteiger partial charge is 0.338 e. The molecule has 0 unspecified atom stereocenters. The second kappa shape index (κ2) is 9.32. The molecule has 2 heterocycles. The van der Waals surface area contributed by atoms with Crippen molar-refractivity contribution < 1.29 is 22.7 Å². The topological polar surface area (TPSA) is 106 Å². The van der Waals surface area contributed by atoms with Crippen LogP contribution >= 0.6 is 11.3 Å². The summed E-state index contributed by atoms with van der Waals surface area (Å²) in [6.07, 6.45) is 1.84. The van der Waals surface area contributed by atoms with E-state index in [9.17, 15) is 18.0 Å². The summed E-state index contributed by atoms with van der Waals surface area (Å²) in [5.41, 5.74) is 4.07. The van der Waals surface area contributed by atoms with Crippen molar-refractivity contribution in [3.63, 3.8) is 0 Å². The molecule has 33 heavy (non-hydrogen) atoms. The van der Waals surface area contributed by atoms with Crippen LogP contribution in [-0.2, 0) is 39.0 Å². The Hall–Kier alpha value is -3.24. The van der Waals surface area contributed by atoms with E-state index in [1.54, 1.807) is 23.6 Å². The van der Waals surface area contributed by atoms with Crippen molar-refractivity contribution in [1.82, 2.24) is 4.98 Å². The van der Waals surface area contributed by atoms with Crippen molar-refractivity contribution in [1.29, 1.82) is 0 Å². The molecule has 0 bridgehead atoms. The molecule has 10 heteroatoms. The first kappa shape index (κ1) is 22.9. The Morgan fingerprint density at radius 1 is 1.21 bits per heavy atom. The number of sulfonamides is 1. The largest absolute Gasteiger partial charge is 0.456 e. The fourth-order valence-corrected chi connectivity index (χ4v) is 5.34. The third-order valence-corrected chi connectivity index (χ3v) is 7.33. The van der Waals surface area contributed by atoms with Gasteiger partial charge in [0.15, 0.2) is 0 Å². The lowest BCUT2D eigenvalue weighted by molar-refractivity contribution is -0.115. The van der Waals surface area contributed by atoms with Crippen LogP contribution in [0.4, 0.5) is 11.4 Å². The lowest BCUT2D eigenvalue weighted by Gasteiger charge is -2.16. The summed E-state index contributed by atoms with van der Waals surface area (Å²) in [7, 11) is -3.34. The number of aromatic nitrogens is 1. The van der Waals surface area contributed by atoms with E-state index >= 15 is 0 Å². The van der Waals surface area contributed by atoms with E-state index in [-0.39, 0.29) is 18.9 Å². The number of thiazole rings is 1. The second-order valence-corrected chi connectivity index (χ2v) is 10.6. The van der Waals surface area contributed by atoms with Gasteiger partial charge in [0, 0.05) is 17.6 Å². The van der Waals surface area contributed by atoms with Gasteiger partial charge in [-0.3, -0.25) is 9.10 Å². The summed E-state index contributed by atoms with van der Waals surface area (Å²) in [6.45, 7) is 2.28. The molecule has 1 N–H and O–H groups in total. The first-order chi connectivity index (χ1) is 15.7. The van der Waals surface area contributed by atoms with Gasteiger partial charge in [-0.1, -0.05) is 18.2 Å². The van der Waals surface area contributed by atoms with Gasteiger partial charge in [-0.15, -0.1) is 11.3 Å². The molecule has 0 saturated heterocycles. The molecule has 1 aromatic heterocycles. The maximum atomic E-state index is 12.5. The van der Waals surface area contributed by atoms with Gasteiger partial charge in [0.25, 0.3) is 0 Å². The monoisotopic (exact) mass is 485 g/mol. The number of ether oxygens (including phenoxy) is 1. The third-order valence-electron chi connectivity index (χ3n) is 5.25. The number of hydrogen-bond donors (Lipinski definition) is 1. The molecule has 0 aliphatic carbocycles. The van der Waals surface area contributed by atoms with Crippen LogP contribution < -0.4 is 9.62 Å². The Bertz CT molecular complexity index is 1320. The summed E-state index contributed by atoms with van der Waals surface area (Å²) < 4.78 is 30.4. The van der Waals surface area contributed by atoms with Crippen LogP contribution in [0.1, 0.15) is 32.2 Å². The molecule has 4 rings (SSSR count). The summed E-state index contributed by atoms with van der Waals surface area (Å²) in [4.78, 5) is 29.2. The van der Waals surface area contributed by atoms with E-state index in [4.69, 9.17) is 4.74 Å². The number of aryl methyl sites for hydroxylation is 1. The van der Waals surface area contributed by atoms with Crippen LogP contribution in [0, 0.1) is 6.92 Å². The minimum Gasteiger partial charge on any atom is -0.456 e. The molecular weight excluding hydrogens is 462 g/mol. The highest BCUT2D eigenvalue weighted by Gasteiger charge is 2.27. The second-order valence-electron chi connectivity index (χ2n) is 7.78. The zero-order valence-electron chi connectivity index (χ0n) is 18.2. The van der Waals surface area contributed by atoms with Gasteiger partial charge in [-0.05, 0) is 48.7 Å². The molecule has 0 fully saturated rings. The molecule has 2 aromatic carbocycles. The van der Waals surface area contributed by atoms with Gasteiger partial charge in [0.1, 0.15) is 11.6 Å². The zero-order valence-corrected chi connectivity index (χ0v) is 19.8. The SMILES string of the molecule is Cc1ccccc1NC(=O)Cc1nc(COC(=O)c2ccc3c(c2)CCN3S(C)(=O)=O)cs1. The molecular formula is C23H23N3O5S2. The van der Waals surface area contributed by atoms with Gasteiger partial charge in [0.2, 0.25) is 15.9 Å². The van der Waals surface area contributed by atoms with Gasteiger partial charge in [0.05, 0.1) is 29.6 Å². The average molecular weight is 486 g/mol. The minimum absolute atomic E-state index is 0.0126. The Kier molecular flexibility index (Phi) is 6.48. The van der Waals surface area contributed by atoms with E-state index in [1.807, 2.05) is 31.2 Å². The van der Waals surface area contributed by atoms with Crippen molar-refractivity contribution in [3.05, 3.63) is 75.2 Å². The molecule has 0 radical (unpaired) electrons. The predicted octanol–water partition coefficient (Wildman–Crippen LogP) is 3.31. The minimum atomic E-state index is -3.34. The van der Waals surface area contributed by atoms with E-state index in [0.717, 1.165) is 16.8 Å². The summed E-state index contributed by atoms with van der Waals surface area (Å²) in [6, 6.07) is 12.4. The molecule has 8 nitrogen and oxygen atoms in total. The normalized spacial score (nSPS) is 13.0. The standard InChI is InChI=1S/C23H23N3O5S2/c1-15-5-3-4-6-19(15)25-21(27)12-22-24-18(14-32-22)13-31-23(28)17-7-8-20-16(11-17)9-10-26(20)33(2,29)30/h3-8,11,14H,9-10,12-13H2,1-2H3,(H,25,27). The van der Waals surface area contributed by atoms with Crippen molar-refractivity contribution >= 4 is 44.6 Å². The Morgan fingerprint density at radius 2 is 2.00 bits per heavy atom. The van der Waals surface area contributed by atoms with Crippen molar-refractivity contribution in [2.75, 3.05) is 22.4 Å². The highest BCUT2D eigenvalue weighted by molar-refractivity contribution is 7.92. The van der Waals surface area contributed by atoms with E-state index in [0.29, 0.717) is 34.9 Å². The molecule has 1 aliphatic heterocycles. The Labute approximate surface area is 196 Å². The number of amides is 1. The molecule has 0 saturated carbocycles. The highest BCUT2D eigenvalue weighted by Crippen LogP contribution is 2.31. The van der Waals surface area contributed by atoms with E-state index in [1.165, 1.54) is 21.9 Å². The van der Waals surface area contributed by atoms with Gasteiger partial charge < -0.3 is 10.1 Å². The number of anilines is 2. The highest BCUT2D eigenvalue weighted by atomic mass is 32.2. The fourth-order valence-electron chi connectivity index (χ4n) is 3.61. The number of rotatable bonds is 7. The van der Waals surface area contributed by atoms with Gasteiger partial charge >= 0.3 is 5.97 Å². The van der Waals surface area contributed by atoms with E-state index < -0.39 is 16.0 Å². The lowest BCUT2D eigenvalue weighted by atomic mass is 10.1. The maximum absolute atomic E-state index is 12.5. The molecule has 1 amide bonds. The number of nitrogens with one attached hydrogen (secondary N) is 1. The predicted molar refractivity (Wildman–Crippen MR) is 127 cm³/mol. The number of benzene rings is 2. The third kappa shape index (κ3) is 5.40. The number of carbonyl (C=O) groups excluding carboxylic acids is 2. The quantitative estimate of drug-likeness (QED) is 0.515. The number of nitrogens with zero attached hydrogens (tertiary/aromatic N) is 2. The summed E-state index contributed by atoms with van der Waals surface area (Å²) >= 11 is 1.33. The number of esters is 1. The Balaban J connectivity index is 1.33. The number of carbonyl (C=O) groups is 2. The number of para-hydroxylation sites is 1. The van der Waals surface area contributed by atoms with Crippen LogP contribution in [0.25, 0.3) is 0 Å². The molecule has 3 aromatic rings. The average Bonchev–Trinajstić information content (AvgIpc) is 3.39. The van der Waals surface area contributed by atoms with Gasteiger partial charge in [-0.2, -0.15) is 0 Å². The van der Waals surface area contributed by atoms with Crippen molar-refractivity contribution in [2.24, 2.45) is 0 Å². The zero-order chi connectivity index (χ0) is 23.6. The van der Waals surface area contributed by atoms with Crippen LogP contribution in [0.3, 0.4) is 0 Å². The number of fused-ring (bicyclic) bond motifs is 1. The van der Waals surface area contributed by atoms with Gasteiger partial charge in [-0.25, -0.2) is 18.2 Å². The maximum Gasteiger partial charge on any atom is 0.338 e. The fraction of sp³-hybridized carbons (Fsp3) is 0.261. The molecule has 0 atom stereocenters. The van der Waals surface area contributed by atoms with Crippen LogP contribution in [0.5, 0.6) is 0 Å². The molecule has 172 valence electrons. The summed E-state index contributed by atoms with van der Waals surface area (Å²) in [5, 5.41) is 5.26. The summed E-state index contributed by atoms with van der Waals surface area (Å²) in [5.74, 6) is -0.675. The lowest BCUT2D eigenvalue weighted by Crippen LogP contribution is -2.27. The first-order valence-corrected chi connectivity index (χ1v) is 13.0. The first-order valence-electron chi connectivity index (χ1n) is 10.3. The van der Waals surface area contributed by atoms with E-state index in [2.05, 4.69) is 10.3 Å². The van der Waals surface area contributed by atoms with Crippen molar-refractivity contribution in [3.8, 4) is 0 Å². The molecule has 1 aliphatic rings. The van der Waals surface area contributed by atoms with Crippen LogP contribution in [0.2, 0.25) is 0 Å². The Morgan fingerprint density at radius 3 is 2.76 bits per heavy atom. The number of hydrogen-bond acceptors (Lipinski definition) is 7. The molecule has 0 spiro atoms.